The molecule has 0 N–H and O–H groups in total. The first kappa shape index (κ1) is 19.2. The Morgan fingerprint density at radius 2 is 1.85 bits per heavy atom. The molecule has 136 valence electrons. The summed E-state index contributed by atoms with van der Waals surface area (Å²) in [5, 5.41) is 0. The highest BCUT2D eigenvalue weighted by atomic mass is 16.5. The van der Waals surface area contributed by atoms with Crippen LogP contribution in [-0.4, -0.2) is 37.5 Å². The molecular formula is C21H23NO4. The molecule has 0 fully saturated rings. The van der Waals surface area contributed by atoms with Crippen molar-refractivity contribution in [2.24, 2.45) is 0 Å². The molecule has 26 heavy (non-hydrogen) atoms. The molecule has 2 rings (SSSR count). The van der Waals surface area contributed by atoms with Gasteiger partial charge in [0.1, 0.15) is 5.75 Å². The van der Waals surface area contributed by atoms with Crippen LogP contribution in [0, 0.1) is 6.92 Å². The van der Waals surface area contributed by atoms with Gasteiger partial charge >= 0.3 is 5.97 Å². The Kier molecular flexibility index (Phi) is 6.97. The van der Waals surface area contributed by atoms with Crippen LogP contribution in [0.25, 0.3) is 6.08 Å². The SMILES string of the molecule is COc1cccc(CN(C)C(=O)COC(=O)/C=C/c2ccc(C)cc2)c1. The van der Waals surface area contributed by atoms with Crippen LogP contribution < -0.4 is 4.74 Å². The summed E-state index contributed by atoms with van der Waals surface area (Å²) in [6, 6.07) is 15.2. The highest BCUT2D eigenvalue weighted by molar-refractivity contribution is 5.89. The molecule has 0 aliphatic carbocycles. The van der Waals surface area contributed by atoms with Crippen LogP contribution in [0.2, 0.25) is 0 Å². The standard InChI is InChI=1S/C21H23NO4/c1-16-7-9-17(10-8-16)11-12-21(24)26-15-20(23)22(2)14-18-5-4-6-19(13-18)25-3/h4-13H,14-15H2,1-3H3/b12-11+. The molecule has 0 spiro atoms. The Bertz CT molecular complexity index is 781. The van der Waals surface area contributed by atoms with Gasteiger partial charge in [-0.25, -0.2) is 4.79 Å². The Hall–Kier alpha value is -3.08. The monoisotopic (exact) mass is 353 g/mol. The number of carbonyl (C=O) groups is 2. The molecule has 2 aromatic carbocycles. The predicted octanol–water partition coefficient (Wildman–Crippen LogP) is 3.22. The van der Waals surface area contributed by atoms with Gasteiger partial charge in [0.15, 0.2) is 6.61 Å². The summed E-state index contributed by atoms with van der Waals surface area (Å²) in [5.74, 6) is -0.0883. The number of ether oxygens (including phenoxy) is 2. The van der Waals surface area contributed by atoms with Crippen molar-refractivity contribution in [2.45, 2.75) is 13.5 Å². The van der Waals surface area contributed by atoms with Crippen molar-refractivity contribution in [1.29, 1.82) is 0 Å². The summed E-state index contributed by atoms with van der Waals surface area (Å²) in [6.07, 6.45) is 2.98. The van der Waals surface area contributed by atoms with E-state index < -0.39 is 5.97 Å². The van der Waals surface area contributed by atoms with Crippen molar-refractivity contribution in [1.82, 2.24) is 4.90 Å². The number of benzene rings is 2. The minimum absolute atomic E-state index is 0.273. The third kappa shape index (κ3) is 6.09. The molecule has 0 aliphatic rings. The van der Waals surface area contributed by atoms with E-state index in [-0.39, 0.29) is 12.5 Å². The van der Waals surface area contributed by atoms with Crippen molar-refractivity contribution < 1.29 is 19.1 Å². The lowest BCUT2D eigenvalue weighted by Crippen LogP contribution is -2.30. The lowest BCUT2D eigenvalue weighted by Gasteiger charge is -2.17. The number of esters is 1. The fourth-order valence-electron chi connectivity index (χ4n) is 2.27. The van der Waals surface area contributed by atoms with Crippen molar-refractivity contribution in [3.63, 3.8) is 0 Å². The normalized spacial score (nSPS) is 10.6. The van der Waals surface area contributed by atoms with Crippen molar-refractivity contribution in [3.05, 3.63) is 71.3 Å². The highest BCUT2D eigenvalue weighted by Gasteiger charge is 2.11. The molecule has 2 aromatic rings. The van der Waals surface area contributed by atoms with Gasteiger partial charge in [-0.15, -0.1) is 0 Å². The topological polar surface area (TPSA) is 55.8 Å². The van der Waals surface area contributed by atoms with Crippen molar-refractivity contribution in [2.75, 3.05) is 20.8 Å². The number of amides is 1. The lowest BCUT2D eigenvalue weighted by molar-refractivity contribution is -0.147. The highest BCUT2D eigenvalue weighted by Crippen LogP contribution is 2.14. The molecule has 0 atom stereocenters. The van der Waals surface area contributed by atoms with Crippen LogP contribution in [0.3, 0.4) is 0 Å². The Morgan fingerprint density at radius 3 is 2.54 bits per heavy atom. The van der Waals surface area contributed by atoms with Crippen LogP contribution >= 0.6 is 0 Å². The molecule has 0 aliphatic heterocycles. The second-order valence-corrected chi connectivity index (χ2v) is 5.95. The zero-order chi connectivity index (χ0) is 18.9. The minimum Gasteiger partial charge on any atom is -0.497 e. The number of carbonyl (C=O) groups excluding carboxylic acids is 2. The number of hydrogen-bond donors (Lipinski definition) is 0. The number of aryl methyl sites for hydroxylation is 1. The molecule has 0 radical (unpaired) electrons. The third-order valence-electron chi connectivity index (χ3n) is 3.81. The van der Waals surface area contributed by atoms with Crippen LogP contribution in [0.15, 0.2) is 54.6 Å². The summed E-state index contributed by atoms with van der Waals surface area (Å²) in [4.78, 5) is 25.4. The Balaban J connectivity index is 1.81. The summed E-state index contributed by atoms with van der Waals surface area (Å²) >= 11 is 0. The molecular weight excluding hydrogens is 330 g/mol. The van der Waals surface area contributed by atoms with Gasteiger partial charge < -0.3 is 14.4 Å². The molecule has 0 saturated carbocycles. The van der Waals surface area contributed by atoms with Crippen LogP contribution in [-0.2, 0) is 20.9 Å². The average Bonchev–Trinajstić information content (AvgIpc) is 2.65. The van der Waals surface area contributed by atoms with Gasteiger partial charge in [-0.1, -0.05) is 42.0 Å². The van der Waals surface area contributed by atoms with Crippen molar-refractivity contribution >= 4 is 18.0 Å². The minimum atomic E-state index is -0.547. The zero-order valence-corrected chi connectivity index (χ0v) is 15.3. The van der Waals surface area contributed by atoms with Gasteiger partial charge in [-0.2, -0.15) is 0 Å². The first-order valence-corrected chi connectivity index (χ1v) is 8.26. The van der Waals surface area contributed by atoms with Gasteiger partial charge in [-0.05, 0) is 36.3 Å². The van der Waals surface area contributed by atoms with Gasteiger partial charge in [0.25, 0.3) is 5.91 Å². The molecule has 0 heterocycles. The van der Waals surface area contributed by atoms with E-state index in [0.717, 1.165) is 22.4 Å². The fraction of sp³-hybridized carbons (Fsp3) is 0.238. The fourth-order valence-corrected chi connectivity index (χ4v) is 2.27. The van der Waals surface area contributed by atoms with Crippen LogP contribution in [0.1, 0.15) is 16.7 Å². The zero-order valence-electron chi connectivity index (χ0n) is 15.3. The second kappa shape index (κ2) is 9.42. The number of nitrogens with zero attached hydrogens (tertiary/aromatic N) is 1. The Labute approximate surface area is 153 Å². The number of rotatable bonds is 7. The lowest BCUT2D eigenvalue weighted by atomic mass is 10.1. The maximum absolute atomic E-state index is 12.1. The van der Waals surface area contributed by atoms with Crippen LogP contribution in [0.5, 0.6) is 5.75 Å². The van der Waals surface area contributed by atoms with E-state index in [9.17, 15) is 9.59 Å². The van der Waals surface area contributed by atoms with E-state index in [1.54, 1.807) is 20.2 Å². The molecule has 0 aromatic heterocycles. The van der Waals surface area contributed by atoms with E-state index in [1.807, 2.05) is 55.5 Å². The maximum Gasteiger partial charge on any atom is 0.331 e. The summed E-state index contributed by atoms with van der Waals surface area (Å²) in [7, 11) is 3.26. The van der Waals surface area contributed by atoms with Crippen LogP contribution in [0.4, 0.5) is 0 Å². The molecule has 5 nitrogen and oxygen atoms in total. The number of methoxy groups -OCH3 is 1. The second-order valence-electron chi connectivity index (χ2n) is 5.95. The maximum atomic E-state index is 12.1. The predicted molar refractivity (Wildman–Crippen MR) is 101 cm³/mol. The van der Waals surface area contributed by atoms with Gasteiger partial charge in [0, 0.05) is 19.7 Å². The van der Waals surface area contributed by atoms with E-state index in [4.69, 9.17) is 9.47 Å². The first-order valence-electron chi connectivity index (χ1n) is 8.26. The number of hydrogen-bond acceptors (Lipinski definition) is 4. The van der Waals surface area contributed by atoms with E-state index in [2.05, 4.69) is 0 Å². The molecule has 0 unspecified atom stereocenters. The first-order chi connectivity index (χ1) is 12.5. The average molecular weight is 353 g/mol. The molecule has 0 bridgehead atoms. The number of likely N-dealkylation sites (N-methyl/N-ethyl adjacent to an activating group) is 1. The summed E-state index contributed by atoms with van der Waals surface area (Å²) in [5.41, 5.74) is 2.98. The van der Waals surface area contributed by atoms with Gasteiger partial charge in [-0.3, -0.25) is 4.79 Å². The van der Waals surface area contributed by atoms with E-state index in [0.29, 0.717) is 6.54 Å². The van der Waals surface area contributed by atoms with Gasteiger partial charge in [0.05, 0.1) is 7.11 Å². The summed E-state index contributed by atoms with van der Waals surface area (Å²) in [6.45, 7) is 2.11. The van der Waals surface area contributed by atoms with E-state index >= 15 is 0 Å². The third-order valence-corrected chi connectivity index (χ3v) is 3.81. The molecule has 0 saturated heterocycles. The molecule has 5 heteroatoms. The van der Waals surface area contributed by atoms with Crippen molar-refractivity contribution in [3.8, 4) is 5.75 Å². The molecule has 1 amide bonds. The van der Waals surface area contributed by atoms with Gasteiger partial charge in [0.2, 0.25) is 0 Å². The Morgan fingerprint density at radius 1 is 1.12 bits per heavy atom. The largest absolute Gasteiger partial charge is 0.497 e. The quantitative estimate of drug-likeness (QED) is 0.566. The van der Waals surface area contributed by atoms with E-state index in [1.165, 1.54) is 11.0 Å². The summed E-state index contributed by atoms with van der Waals surface area (Å²) < 4.78 is 10.2. The smallest absolute Gasteiger partial charge is 0.331 e.